The van der Waals surface area contributed by atoms with Crippen molar-refractivity contribution < 1.29 is 80.2 Å². The summed E-state index contributed by atoms with van der Waals surface area (Å²) in [5.41, 5.74) is 0. The lowest BCUT2D eigenvalue weighted by Gasteiger charge is -2.21. The molecule has 6 atom stereocenters. The molecule has 17 nitrogen and oxygen atoms in total. The number of unbranched alkanes of at least 4 members (excludes halogenated alkanes) is 48. The van der Waals surface area contributed by atoms with Crippen LogP contribution in [0.2, 0.25) is 0 Å². The summed E-state index contributed by atoms with van der Waals surface area (Å²) in [6.07, 6.45) is 62.7. The van der Waals surface area contributed by atoms with Gasteiger partial charge in [-0.3, -0.25) is 37.3 Å². The van der Waals surface area contributed by atoms with Gasteiger partial charge in [-0.05, 0) is 43.4 Å². The van der Waals surface area contributed by atoms with Crippen molar-refractivity contribution in [3.8, 4) is 0 Å². The molecule has 0 aliphatic rings. The van der Waals surface area contributed by atoms with Gasteiger partial charge in [0.25, 0.3) is 0 Å². The minimum absolute atomic E-state index is 0.105. The summed E-state index contributed by atoms with van der Waals surface area (Å²) in [4.78, 5) is 73.0. The van der Waals surface area contributed by atoms with Crippen LogP contribution < -0.4 is 0 Å². The first-order chi connectivity index (χ1) is 49.3. The van der Waals surface area contributed by atoms with Crippen molar-refractivity contribution in [3.63, 3.8) is 0 Å². The number of carbonyl (C=O) groups is 4. The second-order valence-corrected chi connectivity index (χ2v) is 34.0. The Morgan fingerprint density at radius 3 is 0.745 bits per heavy atom. The molecule has 0 saturated carbocycles. The lowest BCUT2D eigenvalue weighted by molar-refractivity contribution is -0.161. The van der Waals surface area contributed by atoms with Gasteiger partial charge < -0.3 is 33.8 Å². The van der Waals surface area contributed by atoms with Gasteiger partial charge in [0.1, 0.15) is 19.3 Å². The third-order valence-electron chi connectivity index (χ3n) is 19.7. The quantitative estimate of drug-likeness (QED) is 0.0222. The van der Waals surface area contributed by atoms with Gasteiger partial charge in [0, 0.05) is 25.7 Å². The van der Waals surface area contributed by atoms with Crippen molar-refractivity contribution >= 4 is 39.5 Å². The van der Waals surface area contributed by atoms with Crippen molar-refractivity contribution in [3.05, 3.63) is 0 Å². The predicted octanol–water partition coefficient (Wildman–Crippen LogP) is 24.9. The molecule has 0 aliphatic heterocycles. The monoisotopic (exact) mass is 1490 g/mol. The molecule has 0 rings (SSSR count). The van der Waals surface area contributed by atoms with Gasteiger partial charge in [0.05, 0.1) is 26.4 Å². The van der Waals surface area contributed by atoms with Gasteiger partial charge in [0.15, 0.2) is 12.2 Å². The molecule has 0 radical (unpaired) electrons. The van der Waals surface area contributed by atoms with E-state index in [1.54, 1.807) is 0 Å². The summed E-state index contributed by atoms with van der Waals surface area (Å²) in [6.45, 7) is 11.9. The summed E-state index contributed by atoms with van der Waals surface area (Å²) < 4.78 is 68.7. The molecule has 0 fully saturated rings. The zero-order valence-electron chi connectivity index (χ0n) is 67.1. The van der Waals surface area contributed by atoms with Crippen LogP contribution >= 0.6 is 15.6 Å². The highest BCUT2D eigenvalue weighted by atomic mass is 31.2. The van der Waals surface area contributed by atoms with E-state index in [0.29, 0.717) is 31.6 Å². The zero-order valence-corrected chi connectivity index (χ0v) is 68.9. The van der Waals surface area contributed by atoms with E-state index in [0.717, 1.165) is 108 Å². The van der Waals surface area contributed by atoms with Crippen LogP contribution in [0.4, 0.5) is 0 Å². The molecule has 19 heteroatoms. The molecule has 0 aromatic heterocycles. The Balaban J connectivity index is 5.21. The molecule has 102 heavy (non-hydrogen) atoms. The van der Waals surface area contributed by atoms with Crippen molar-refractivity contribution in [2.75, 3.05) is 39.6 Å². The van der Waals surface area contributed by atoms with Crippen LogP contribution in [-0.4, -0.2) is 96.7 Å². The van der Waals surface area contributed by atoms with Crippen LogP contribution in [-0.2, 0) is 65.4 Å². The number of hydrogen-bond acceptors (Lipinski definition) is 15. The van der Waals surface area contributed by atoms with Crippen LogP contribution in [0.1, 0.15) is 434 Å². The van der Waals surface area contributed by atoms with Crippen LogP contribution in [0.25, 0.3) is 0 Å². The molecule has 0 spiro atoms. The second-order valence-electron chi connectivity index (χ2n) is 31.1. The lowest BCUT2D eigenvalue weighted by Crippen LogP contribution is -2.30. The van der Waals surface area contributed by atoms with Gasteiger partial charge in [-0.25, -0.2) is 9.13 Å². The van der Waals surface area contributed by atoms with Gasteiger partial charge >= 0.3 is 39.5 Å². The maximum Gasteiger partial charge on any atom is 0.472 e. The molecule has 0 bridgehead atoms. The van der Waals surface area contributed by atoms with E-state index < -0.39 is 97.5 Å². The van der Waals surface area contributed by atoms with E-state index in [-0.39, 0.29) is 25.7 Å². The number of phosphoric acid groups is 2. The molecular formula is C83H162O17P2. The Morgan fingerprint density at radius 1 is 0.284 bits per heavy atom. The lowest BCUT2D eigenvalue weighted by atomic mass is 9.99. The van der Waals surface area contributed by atoms with E-state index in [1.165, 1.54) is 238 Å². The normalized spacial score (nSPS) is 14.2. The molecule has 0 saturated heterocycles. The largest absolute Gasteiger partial charge is 0.472 e. The van der Waals surface area contributed by atoms with Crippen LogP contribution in [0.15, 0.2) is 0 Å². The highest BCUT2D eigenvalue weighted by molar-refractivity contribution is 7.47. The van der Waals surface area contributed by atoms with Crippen molar-refractivity contribution in [2.45, 2.75) is 452 Å². The summed E-state index contributed by atoms with van der Waals surface area (Å²) in [7, 11) is -9.92. The minimum Gasteiger partial charge on any atom is -0.462 e. The maximum atomic E-state index is 13.1. The number of rotatable bonds is 81. The molecule has 0 amide bonds. The van der Waals surface area contributed by atoms with Crippen molar-refractivity contribution in [2.24, 2.45) is 17.8 Å². The number of carbonyl (C=O) groups excluding carboxylic acids is 4. The number of ether oxygens (including phenoxy) is 4. The van der Waals surface area contributed by atoms with Crippen LogP contribution in [0.5, 0.6) is 0 Å². The molecule has 0 aromatic carbocycles. The number of aliphatic hydroxyl groups is 1. The first kappa shape index (κ1) is 100. The third-order valence-corrected chi connectivity index (χ3v) is 21.6. The van der Waals surface area contributed by atoms with Gasteiger partial charge in [-0.2, -0.15) is 0 Å². The SMILES string of the molecule is CCCCCCCCCCCCCCCCCCCCC(=O)OC[C@H](COP(=O)(O)OC[C@@H](O)COP(=O)(O)OC[C@@H](COC(=O)CCCCCCCCCC(C)C)OC(=O)CCCCCCCCCCCC(C)C)OC(=O)CCCCCCCCCCCCCCCCCCCCC(C)CC. The first-order valence-corrected chi connectivity index (χ1v) is 45.9. The smallest absolute Gasteiger partial charge is 0.462 e. The van der Waals surface area contributed by atoms with Crippen LogP contribution in [0, 0.1) is 17.8 Å². The molecular weight excluding hydrogens is 1330 g/mol. The molecule has 0 aromatic rings. The number of esters is 4. The minimum atomic E-state index is -4.96. The van der Waals surface area contributed by atoms with Gasteiger partial charge in [-0.15, -0.1) is 0 Å². The highest BCUT2D eigenvalue weighted by Gasteiger charge is 2.30. The van der Waals surface area contributed by atoms with Crippen molar-refractivity contribution in [1.82, 2.24) is 0 Å². The van der Waals surface area contributed by atoms with E-state index in [4.69, 9.17) is 37.0 Å². The molecule has 3 N–H and O–H groups in total. The fraction of sp³-hybridized carbons (Fsp3) is 0.952. The zero-order chi connectivity index (χ0) is 75.1. The Kier molecular flexibility index (Phi) is 71.8. The van der Waals surface area contributed by atoms with E-state index in [9.17, 15) is 43.2 Å². The molecule has 3 unspecified atom stereocenters. The Bertz CT molecular complexity index is 1980. The molecule has 0 aliphatic carbocycles. The average Bonchev–Trinajstić information content (AvgIpc) is 0.932. The average molecular weight is 1490 g/mol. The summed E-state index contributed by atoms with van der Waals surface area (Å²) in [6, 6.07) is 0. The van der Waals surface area contributed by atoms with E-state index >= 15 is 0 Å². The standard InChI is InChI=1S/C83H162O17P2/c1-8-10-11-12-13-14-15-16-17-18-22-25-28-31-36-43-50-57-64-80(85)93-70-78(99-82(87)66-59-52-44-37-32-29-26-23-20-19-21-24-27-30-35-42-49-56-63-76(7)9-2)72-97-101(89,90)95-68-77(84)69-96-102(91,92)98-73-79(71-94-81(86)65-58-51-46-39-41-48-55-62-75(5)6)100-83(88)67-60-53-45-38-33-34-40-47-54-61-74(3)4/h74-79,84H,8-73H2,1-7H3,(H,89,90)(H,91,92)/t76?,77-,78-,79-/m1/s1. The first-order valence-electron chi connectivity index (χ1n) is 42.9. The highest BCUT2D eigenvalue weighted by Crippen LogP contribution is 2.45. The summed E-state index contributed by atoms with van der Waals surface area (Å²) >= 11 is 0. The fourth-order valence-corrected chi connectivity index (χ4v) is 14.4. The summed E-state index contributed by atoms with van der Waals surface area (Å²) in [5.74, 6) is 0.201. The van der Waals surface area contributed by atoms with E-state index in [2.05, 4.69) is 48.5 Å². The number of hydrogen-bond donors (Lipinski definition) is 3. The van der Waals surface area contributed by atoms with E-state index in [1.807, 2.05) is 0 Å². The van der Waals surface area contributed by atoms with Crippen molar-refractivity contribution in [1.29, 1.82) is 0 Å². The third kappa shape index (κ3) is 74.9. The van der Waals surface area contributed by atoms with Gasteiger partial charge in [0.2, 0.25) is 0 Å². The fourth-order valence-electron chi connectivity index (χ4n) is 12.8. The molecule has 606 valence electrons. The topological polar surface area (TPSA) is 237 Å². The number of phosphoric ester groups is 2. The van der Waals surface area contributed by atoms with Crippen LogP contribution in [0.3, 0.4) is 0 Å². The predicted molar refractivity (Wildman–Crippen MR) is 418 cm³/mol. The Labute approximate surface area is 626 Å². The Hall–Kier alpha value is -1.94. The second kappa shape index (κ2) is 73.2. The van der Waals surface area contributed by atoms with Gasteiger partial charge in [-0.1, -0.05) is 382 Å². The summed E-state index contributed by atoms with van der Waals surface area (Å²) in [5, 5.41) is 10.6. The number of aliphatic hydroxyl groups excluding tert-OH is 1. The Morgan fingerprint density at radius 2 is 0.500 bits per heavy atom. The maximum absolute atomic E-state index is 13.1. The molecule has 0 heterocycles.